The summed E-state index contributed by atoms with van der Waals surface area (Å²) in [7, 11) is -0.651. The van der Waals surface area contributed by atoms with Crippen LogP contribution in [0, 0.1) is 6.92 Å². The Morgan fingerprint density at radius 1 is 0.750 bits per heavy atom. The maximum atomic E-state index is 13.2. The molecule has 0 saturated carbocycles. The first kappa shape index (κ1) is 23.4. The number of aryl methyl sites for hydroxylation is 1. The van der Waals surface area contributed by atoms with Gasteiger partial charge in [-0.15, -0.1) is 0 Å². The van der Waals surface area contributed by atoms with Gasteiger partial charge < -0.3 is 14.2 Å². The monoisotopic (exact) mass is 500 g/mol. The molecule has 0 amide bonds. The van der Waals surface area contributed by atoms with Crippen molar-refractivity contribution in [2.45, 2.75) is 11.8 Å². The average molecular weight is 501 g/mol. The van der Waals surface area contributed by atoms with Gasteiger partial charge in [0.15, 0.2) is 11.5 Å². The van der Waals surface area contributed by atoms with Crippen LogP contribution in [-0.4, -0.2) is 27.6 Å². The molecule has 0 atom stereocenters. The smallest absolute Gasteiger partial charge is 0.262 e. The minimum absolute atomic E-state index is 0.228. The second kappa shape index (κ2) is 9.39. The number of anilines is 1. The molecule has 5 rings (SSSR count). The second-order valence-electron chi connectivity index (χ2n) is 8.20. The third-order valence-corrected chi connectivity index (χ3v) is 7.33. The Hall–Kier alpha value is -4.30. The molecule has 1 heterocycles. The van der Waals surface area contributed by atoms with E-state index in [1.54, 1.807) is 68.9 Å². The van der Waals surface area contributed by atoms with Crippen LogP contribution >= 0.6 is 0 Å². The number of fused-ring (bicyclic) bond motifs is 2. The highest BCUT2D eigenvalue weighted by molar-refractivity contribution is 7.93. The maximum Gasteiger partial charge on any atom is 0.262 e. The molecule has 182 valence electrons. The van der Waals surface area contributed by atoms with Crippen molar-refractivity contribution < 1.29 is 22.6 Å². The number of nitrogens with one attached hydrogen (secondary N) is 1. The highest BCUT2D eigenvalue weighted by Gasteiger charge is 2.18. The van der Waals surface area contributed by atoms with Crippen molar-refractivity contribution >= 4 is 37.4 Å². The van der Waals surface area contributed by atoms with Gasteiger partial charge in [-0.25, -0.2) is 8.42 Å². The van der Waals surface area contributed by atoms with Gasteiger partial charge in [-0.3, -0.25) is 9.71 Å². The van der Waals surface area contributed by atoms with E-state index in [-0.39, 0.29) is 4.90 Å². The molecule has 1 aromatic heterocycles. The van der Waals surface area contributed by atoms with Gasteiger partial charge in [0.2, 0.25) is 0 Å². The lowest BCUT2D eigenvalue weighted by Gasteiger charge is -2.15. The minimum Gasteiger partial charge on any atom is -0.493 e. The molecular weight excluding hydrogens is 476 g/mol. The minimum atomic E-state index is -3.80. The van der Waals surface area contributed by atoms with Crippen molar-refractivity contribution in [3.63, 3.8) is 0 Å². The number of ether oxygens (including phenoxy) is 3. The molecule has 1 N–H and O–H groups in total. The van der Waals surface area contributed by atoms with E-state index in [0.29, 0.717) is 39.6 Å². The molecule has 0 saturated heterocycles. The molecule has 0 spiro atoms. The van der Waals surface area contributed by atoms with Gasteiger partial charge >= 0.3 is 0 Å². The predicted octanol–water partition coefficient (Wildman–Crippen LogP) is 6.31. The Kier molecular flexibility index (Phi) is 6.12. The molecule has 0 bridgehead atoms. The molecule has 0 aliphatic carbocycles. The number of hydrogen-bond acceptors (Lipinski definition) is 6. The molecule has 4 aromatic carbocycles. The van der Waals surface area contributed by atoms with Crippen LogP contribution in [0.2, 0.25) is 0 Å². The molecule has 0 fully saturated rings. The Bertz CT molecular complexity index is 1690. The van der Waals surface area contributed by atoms with E-state index in [4.69, 9.17) is 14.2 Å². The zero-order chi connectivity index (χ0) is 25.3. The molecular formula is C28H24N2O5S. The van der Waals surface area contributed by atoms with Crippen molar-refractivity contribution in [1.82, 2.24) is 4.98 Å². The molecule has 0 aliphatic heterocycles. The summed E-state index contributed by atoms with van der Waals surface area (Å²) in [6, 6.07) is 23.2. The fraction of sp³-hybridized carbons (Fsp3) is 0.107. The van der Waals surface area contributed by atoms with Gasteiger partial charge in [0.05, 0.1) is 24.6 Å². The third-order valence-electron chi connectivity index (χ3n) is 5.89. The number of aromatic nitrogens is 1. The van der Waals surface area contributed by atoms with Crippen LogP contribution in [0.1, 0.15) is 5.56 Å². The number of pyridine rings is 1. The van der Waals surface area contributed by atoms with E-state index in [1.165, 1.54) is 0 Å². The largest absolute Gasteiger partial charge is 0.493 e. The zero-order valence-corrected chi connectivity index (χ0v) is 20.8. The lowest BCUT2D eigenvalue weighted by molar-refractivity contribution is 0.355. The number of hydrogen-bond donors (Lipinski definition) is 1. The SMILES string of the molecule is COc1cc2nccc(Oc3ccc(NS(=O)(=O)c4cccc5ccccc45)cc3C)c2cc1OC. The van der Waals surface area contributed by atoms with E-state index in [9.17, 15) is 8.42 Å². The van der Waals surface area contributed by atoms with Crippen LogP contribution in [0.4, 0.5) is 5.69 Å². The second-order valence-corrected chi connectivity index (χ2v) is 9.85. The fourth-order valence-electron chi connectivity index (χ4n) is 4.12. The number of nitrogens with zero attached hydrogens (tertiary/aromatic N) is 1. The van der Waals surface area contributed by atoms with Crippen LogP contribution in [0.3, 0.4) is 0 Å². The van der Waals surface area contributed by atoms with Crippen molar-refractivity contribution in [3.8, 4) is 23.0 Å². The van der Waals surface area contributed by atoms with Crippen molar-refractivity contribution in [3.05, 3.63) is 90.6 Å². The summed E-state index contributed by atoms with van der Waals surface area (Å²) in [5.74, 6) is 2.32. The third kappa shape index (κ3) is 4.38. The average Bonchev–Trinajstić information content (AvgIpc) is 2.89. The highest BCUT2D eigenvalue weighted by Crippen LogP contribution is 2.38. The molecule has 5 aromatic rings. The summed E-state index contributed by atoms with van der Waals surface area (Å²) in [6.07, 6.45) is 1.66. The van der Waals surface area contributed by atoms with E-state index in [0.717, 1.165) is 16.3 Å². The topological polar surface area (TPSA) is 86.8 Å². The predicted molar refractivity (Wildman–Crippen MR) is 141 cm³/mol. The van der Waals surface area contributed by atoms with Crippen molar-refractivity contribution in [1.29, 1.82) is 0 Å². The van der Waals surface area contributed by atoms with Gasteiger partial charge in [-0.1, -0.05) is 36.4 Å². The van der Waals surface area contributed by atoms with Crippen molar-refractivity contribution in [2.75, 3.05) is 18.9 Å². The van der Waals surface area contributed by atoms with Gasteiger partial charge in [-0.05, 0) is 54.3 Å². The Morgan fingerprint density at radius 2 is 1.50 bits per heavy atom. The van der Waals surface area contributed by atoms with Crippen molar-refractivity contribution in [2.24, 2.45) is 0 Å². The van der Waals surface area contributed by atoms with E-state index >= 15 is 0 Å². The number of rotatable bonds is 7. The first-order chi connectivity index (χ1) is 17.4. The summed E-state index contributed by atoms with van der Waals surface area (Å²) in [5.41, 5.74) is 1.90. The lowest BCUT2D eigenvalue weighted by Crippen LogP contribution is -2.13. The molecule has 0 aliphatic rings. The van der Waals surface area contributed by atoms with Crippen LogP contribution < -0.4 is 18.9 Å². The quantitative estimate of drug-likeness (QED) is 0.282. The van der Waals surface area contributed by atoms with Crippen LogP contribution in [0.25, 0.3) is 21.7 Å². The summed E-state index contributed by atoms with van der Waals surface area (Å²) in [5, 5.41) is 2.29. The van der Waals surface area contributed by atoms with Gasteiger partial charge in [0, 0.05) is 28.7 Å². The molecule has 36 heavy (non-hydrogen) atoms. The number of sulfonamides is 1. The Balaban J connectivity index is 1.44. The number of benzene rings is 4. The van der Waals surface area contributed by atoms with Gasteiger partial charge in [0.25, 0.3) is 10.0 Å². The number of methoxy groups -OCH3 is 2. The molecule has 8 heteroatoms. The lowest BCUT2D eigenvalue weighted by atomic mass is 10.1. The van der Waals surface area contributed by atoms with Crippen LogP contribution in [-0.2, 0) is 10.0 Å². The normalized spacial score (nSPS) is 11.4. The zero-order valence-electron chi connectivity index (χ0n) is 20.0. The summed E-state index contributed by atoms with van der Waals surface area (Å²) >= 11 is 0. The summed E-state index contributed by atoms with van der Waals surface area (Å²) < 4.78 is 46.1. The maximum absolute atomic E-state index is 13.2. The van der Waals surface area contributed by atoms with E-state index in [2.05, 4.69) is 9.71 Å². The fourth-order valence-corrected chi connectivity index (χ4v) is 5.40. The summed E-state index contributed by atoms with van der Waals surface area (Å²) in [6.45, 7) is 1.86. The summed E-state index contributed by atoms with van der Waals surface area (Å²) in [4.78, 5) is 4.63. The van der Waals surface area contributed by atoms with Gasteiger partial charge in [0.1, 0.15) is 11.5 Å². The standard InChI is InChI=1S/C28H24N2O5S/c1-18-15-20(30-36(31,32)28-10-6-8-19-7-4-5-9-21(19)28)11-12-24(18)35-25-13-14-29-23-17-27(34-3)26(33-2)16-22(23)25/h4-17,30H,1-3H3. The highest BCUT2D eigenvalue weighted by atomic mass is 32.2. The molecule has 0 unspecified atom stereocenters. The van der Waals surface area contributed by atoms with E-state index < -0.39 is 10.0 Å². The molecule has 0 radical (unpaired) electrons. The van der Waals surface area contributed by atoms with Crippen LogP contribution in [0.5, 0.6) is 23.0 Å². The molecule has 7 nitrogen and oxygen atoms in total. The van der Waals surface area contributed by atoms with Crippen LogP contribution in [0.15, 0.2) is 90.0 Å². The first-order valence-electron chi connectivity index (χ1n) is 11.2. The Morgan fingerprint density at radius 3 is 2.28 bits per heavy atom. The van der Waals surface area contributed by atoms with E-state index in [1.807, 2.05) is 37.3 Å². The Labute approximate surface area is 209 Å². The van der Waals surface area contributed by atoms with Gasteiger partial charge in [-0.2, -0.15) is 0 Å². The first-order valence-corrected chi connectivity index (χ1v) is 12.7.